The summed E-state index contributed by atoms with van der Waals surface area (Å²) in [6, 6.07) is 2.80. The van der Waals surface area contributed by atoms with E-state index in [0.717, 1.165) is 25.1 Å². The van der Waals surface area contributed by atoms with Gasteiger partial charge >= 0.3 is 5.97 Å². The van der Waals surface area contributed by atoms with E-state index in [4.69, 9.17) is 18.6 Å². The first kappa shape index (κ1) is 33.6. The van der Waals surface area contributed by atoms with Gasteiger partial charge in [-0.1, -0.05) is 0 Å². The normalized spacial score (nSPS) is 34.9. The zero-order valence-corrected chi connectivity index (χ0v) is 23.9. The van der Waals surface area contributed by atoms with Crippen LogP contribution in [0.4, 0.5) is 0 Å². The summed E-state index contributed by atoms with van der Waals surface area (Å²) in [4.78, 5) is 14.2. The van der Waals surface area contributed by atoms with Gasteiger partial charge in [0.25, 0.3) is 0 Å². The van der Waals surface area contributed by atoms with Crippen LogP contribution in [-0.4, -0.2) is 128 Å². The van der Waals surface area contributed by atoms with Crippen LogP contribution in [0.5, 0.6) is 28.7 Å². The highest BCUT2D eigenvalue weighted by molar-refractivity contribution is 5.93. The molecule has 0 saturated carbocycles. The molecule has 13 N–H and O–H groups in total. The molecule has 46 heavy (non-hydrogen) atoms. The fourth-order valence-electron chi connectivity index (χ4n) is 5.46. The van der Waals surface area contributed by atoms with Gasteiger partial charge in [0.05, 0.1) is 18.3 Å². The minimum Gasteiger partial charge on any atom is -0.507 e. The lowest BCUT2D eigenvalue weighted by molar-refractivity contribution is -0.418. The number of aliphatic hydroxyl groups excluding tert-OH is 7. The number of rotatable bonds is 5. The van der Waals surface area contributed by atoms with Crippen molar-refractivity contribution in [2.24, 2.45) is 0 Å². The van der Waals surface area contributed by atoms with E-state index in [2.05, 4.69) is 0 Å². The van der Waals surface area contributed by atoms with E-state index in [9.17, 15) is 71.2 Å². The molecule has 0 amide bonds. The van der Waals surface area contributed by atoms with Crippen LogP contribution < -0.4 is 10.2 Å². The lowest BCUT2D eigenvalue weighted by Crippen LogP contribution is -2.66. The van der Waals surface area contributed by atoms with Crippen LogP contribution in [0.1, 0.15) is 18.1 Å². The zero-order chi connectivity index (χ0) is 34.2. The van der Waals surface area contributed by atoms with Crippen LogP contribution in [0.25, 0.3) is 22.3 Å². The van der Waals surface area contributed by atoms with Crippen molar-refractivity contribution in [3.8, 4) is 40.1 Å². The van der Waals surface area contributed by atoms with Gasteiger partial charge < -0.3 is 85.0 Å². The fraction of sp³-hybridized carbons (Fsp3) is 0.464. The van der Waals surface area contributed by atoms with Gasteiger partial charge in [-0.2, -0.15) is 0 Å². The summed E-state index contributed by atoms with van der Waals surface area (Å²) in [5, 5.41) is 136. The molecule has 5 rings (SSSR count). The Hall–Kier alpha value is -3.79. The highest BCUT2D eigenvalue weighted by Gasteiger charge is 2.57. The second kappa shape index (κ2) is 11.5. The molecule has 252 valence electrons. The van der Waals surface area contributed by atoms with Crippen molar-refractivity contribution in [3.05, 3.63) is 39.5 Å². The maximum Gasteiger partial charge on any atom is 0.355 e. The molecule has 2 saturated heterocycles. The van der Waals surface area contributed by atoms with E-state index in [1.54, 1.807) is 0 Å². The standard InChI is InChI=1S/C28H32O18/c1-7-15(32)13-19(36)24(46-28(42)26(40)20(37)17(34)8(2)44-28)22(9-3-4-10(30)11(31)5-9)43-23(13)14(16(7)33)27(41)25(39)21(38)18(35)12(6-29)45-27/h3-5,8,12,17-18,20-21,25-26,29-35,37-42H,6H2,1-2H3/t8-,12?,17-,18?,20+,21?,25?,26+,27?,28?/m0/s1. The molecule has 0 spiro atoms. The molecule has 2 aliphatic rings. The molecule has 6 unspecified atom stereocenters. The number of fused-ring (bicyclic) bond motifs is 1. The minimum absolute atomic E-state index is 0.335. The first-order valence-electron chi connectivity index (χ1n) is 13.7. The third kappa shape index (κ3) is 4.91. The van der Waals surface area contributed by atoms with Crippen LogP contribution >= 0.6 is 0 Å². The molecule has 0 radical (unpaired) electrons. The van der Waals surface area contributed by atoms with E-state index in [1.807, 2.05) is 0 Å². The molecule has 18 nitrogen and oxygen atoms in total. The maximum absolute atomic E-state index is 14.2. The Kier molecular flexibility index (Phi) is 8.37. The van der Waals surface area contributed by atoms with Crippen LogP contribution in [0.15, 0.2) is 27.4 Å². The minimum atomic E-state index is -3.28. The number of aromatic hydroxyl groups is 4. The quantitative estimate of drug-likeness (QED) is 0.0946. The Bertz CT molecular complexity index is 1720. The first-order chi connectivity index (χ1) is 21.4. The number of phenolic OH excluding ortho intramolecular Hbond substituents is 4. The fourth-order valence-corrected chi connectivity index (χ4v) is 5.46. The second-order valence-electron chi connectivity index (χ2n) is 11.1. The largest absolute Gasteiger partial charge is 0.507 e. The van der Waals surface area contributed by atoms with Crippen molar-refractivity contribution in [1.29, 1.82) is 0 Å². The Morgan fingerprint density at radius 2 is 1.48 bits per heavy atom. The molecular formula is C28H32O18. The van der Waals surface area contributed by atoms with Crippen LogP contribution in [0, 0.1) is 6.92 Å². The van der Waals surface area contributed by atoms with Gasteiger partial charge in [0, 0.05) is 11.1 Å². The van der Waals surface area contributed by atoms with Crippen LogP contribution in [-0.2, 0) is 15.3 Å². The predicted octanol–water partition coefficient (Wildman–Crippen LogP) is -3.26. The van der Waals surface area contributed by atoms with E-state index < -0.39 is 129 Å². The Labute approximate surface area is 257 Å². The predicted molar refractivity (Wildman–Crippen MR) is 147 cm³/mol. The highest BCUT2D eigenvalue weighted by Crippen LogP contribution is 2.50. The Morgan fingerprint density at radius 3 is 2.09 bits per heavy atom. The smallest absolute Gasteiger partial charge is 0.355 e. The third-order valence-electron chi connectivity index (χ3n) is 8.17. The van der Waals surface area contributed by atoms with Crippen molar-refractivity contribution in [3.63, 3.8) is 0 Å². The number of ether oxygens (including phenoxy) is 3. The molecule has 0 aliphatic carbocycles. The Morgan fingerprint density at radius 1 is 0.848 bits per heavy atom. The summed E-state index contributed by atoms with van der Waals surface area (Å²) in [5.41, 5.74) is -4.26. The molecular weight excluding hydrogens is 624 g/mol. The van der Waals surface area contributed by atoms with Crippen molar-refractivity contribution in [2.45, 2.75) is 74.4 Å². The van der Waals surface area contributed by atoms with Gasteiger partial charge in [-0.05, 0) is 32.0 Å². The molecule has 0 bridgehead atoms. The molecule has 2 aliphatic heterocycles. The van der Waals surface area contributed by atoms with Crippen molar-refractivity contribution >= 4 is 11.0 Å². The highest BCUT2D eigenvalue weighted by atomic mass is 16.8. The van der Waals surface area contributed by atoms with E-state index in [1.165, 1.54) is 6.92 Å². The number of hydrogen-bond donors (Lipinski definition) is 13. The summed E-state index contributed by atoms with van der Waals surface area (Å²) in [5.74, 6) is -12.0. The van der Waals surface area contributed by atoms with Crippen molar-refractivity contribution < 1.29 is 85.0 Å². The number of hydrogen-bond acceptors (Lipinski definition) is 18. The summed E-state index contributed by atoms with van der Waals surface area (Å²) in [6.45, 7) is 1.21. The summed E-state index contributed by atoms with van der Waals surface area (Å²) in [7, 11) is 0. The van der Waals surface area contributed by atoms with Gasteiger partial charge in [0.15, 0.2) is 28.9 Å². The van der Waals surface area contributed by atoms with Crippen LogP contribution in [0.2, 0.25) is 0 Å². The molecule has 1 aromatic heterocycles. The van der Waals surface area contributed by atoms with E-state index in [-0.39, 0.29) is 5.56 Å². The molecule has 2 aromatic carbocycles. The average molecular weight is 657 g/mol. The molecule has 3 aromatic rings. The molecule has 3 heterocycles. The molecule has 2 fully saturated rings. The topological polar surface area (TPSA) is 321 Å². The van der Waals surface area contributed by atoms with Crippen molar-refractivity contribution in [2.75, 3.05) is 6.61 Å². The van der Waals surface area contributed by atoms with Gasteiger partial charge in [-0.25, -0.2) is 0 Å². The zero-order valence-electron chi connectivity index (χ0n) is 23.9. The Balaban J connectivity index is 1.87. The molecule has 18 heteroatoms. The summed E-state index contributed by atoms with van der Waals surface area (Å²) >= 11 is 0. The van der Waals surface area contributed by atoms with Crippen LogP contribution in [0.3, 0.4) is 0 Å². The van der Waals surface area contributed by atoms with Gasteiger partial charge in [-0.3, -0.25) is 4.79 Å². The number of aliphatic hydroxyl groups is 9. The van der Waals surface area contributed by atoms with Gasteiger partial charge in [0.1, 0.15) is 53.5 Å². The number of phenols is 4. The van der Waals surface area contributed by atoms with E-state index >= 15 is 0 Å². The average Bonchev–Trinajstić information content (AvgIpc) is 3.01. The monoisotopic (exact) mass is 656 g/mol. The van der Waals surface area contributed by atoms with E-state index in [0.29, 0.717) is 0 Å². The summed E-state index contributed by atoms with van der Waals surface area (Å²) < 4.78 is 21.7. The first-order valence-corrected chi connectivity index (χ1v) is 13.7. The second-order valence-corrected chi connectivity index (χ2v) is 11.1. The third-order valence-corrected chi connectivity index (χ3v) is 8.17. The summed E-state index contributed by atoms with van der Waals surface area (Å²) in [6.07, 6.45) is -16.1. The van der Waals surface area contributed by atoms with Gasteiger partial charge in [-0.15, -0.1) is 0 Å². The maximum atomic E-state index is 14.2. The number of benzene rings is 2. The van der Waals surface area contributed by atoms with Gasteiger partial charge in [0.2, 0.25) is 17.0 Å². The SMILES string of the molecule is Cc1c(O)c(C2(O)OC(CO)C(O)C(O)C2O)c2oc(-c3ccc(O)c(O)c3)c(OC3(O)O[C@@H](C)[C@H](O)[C@@H](O)[C@H]3O)c(=O)c2c1O. The lowest BCUT2D eigenvalue weighted by atomic mass is 9.85. The van der Waals surface area contributed by atoms with Crippen molar-refractivity contribution in [1.82, 2.24) is 0 Å². The lowest BCUT2D eigenvalue weighted by Gasteiger charge is -2.45. The molecule has 10 atom stereocenters.